The Balaban J connectivity index is 2.44. The molecule has 2 rings (SSSR count). The lowest BCUT2D eigenvalue weighted by atomic mass is 10.2. The van der Waals surface area contributed by atoms with Gasteiger partial charge < -0.3 is 9.67 Å². The Morgan fingerprint density at radius 3 is 2.71 bits per heavy atom. The molecule has 7 heteroatoms. The van der Waals surface area contributed by atoms with Gasteiger partial charge in [0.05, 0.1) is 5.56 Å². The average Bonchev–Trinajstić information content (AvgIpc) is 2.44. The molecule has 21 heavy (non-hydrogen) atoms. The molecule has 114 valence electrons. The molecule has 0 bridgehead atoms. The maximum atomic E-state index is 12.3. The van der Waals surface area contributed by atoms with E-state index in [-0.39, 0.29) is 12.1 Å². The predicted octanol–water partition coefficient (Wildman–Crippen LogP) is -1.41. The number of aromatic amines is 1. The molecule has 0 amide bonds. The van der Waals surface area contributed by atoms with Crippen LogP contribution in [0.1, 0.15) is 31.7 Å². The normalized spacial score (nSPS) is 16.9. The summed E-state index contributed by atoms with van der Waals surface area (Å²) in [5.74, 6) is -0.610. The molecule has 1 aromatic rings. The Kier molecular flexibility index (Phi) is 4.74. The van der Waals surface area contributed by atoms with Gasteiger partial charge in [-0.3, -0.25) is 9.78 Å². The molecule has 0 spiro atoms. The van der Waals surface area contributed by atoms with Crippen molar-refractivity contribution in [3.05, 3.63) is 39.1 Å². The number of hydrogen-bond acceptors (Lipinski definition) is 4. The summed E-state index contributed by atoms with van der Waals surface area (Å²) in [5, 5.41) is 17.7. The number of piperidine rings is 1. The van der Waals surface area contributed by atoms with Crippen molar-refractivity contribution in [2.45, 2.75) is 32.7 Å². The third-order valence-corrected chi connectivity index (χ3v) is 3.58. The molecular formula is C14H20N4O3. The van der Waals surface area contributed by atoms with E-state index in [0.29, 0.717) is 5.71 Å². The van der Waals surface area contributed by atoms with E-state index in [1.165, 1.54) is 12.5 Å². The van der Waals surface area contributed by atoms with E-state index in [2.05, 4.69) is 16.7 Å². The molecule has 1 saturated heterocycles. The summed E-state index contributed by atoms with van der Waals surface area (Å²) in [6.45, 7) is 7.00. The minimum Gasteiger partial charge on any atom is -0.859 e. The van der Waals surface area contributed by atoms with Crippen LogP contribution in [0.25, 0.3) is 0 Å². The van der Waals surface area contributed by atoms with Gasteiger partial charge in [0, 0.05) is 6.54 Å². The lowest BCUT2D eigenvalue weighted by Gasteiger charge is -2.21. The molecule has 0 radical (unpaired) electrons. The highest BCUT2D eigenvalue weighted by atomic mass is 16.3. The maximum Gasteiger partial charge on any atom is 0.328 e. The number of nitrogens with zero attached hydrogens (tertiary/aromatic N) is 2. The number of quaternary nitrogens is 1. The molecule has 7 nitrogen and oxygen atoms in total. The Morgan fingerprint density at radius 1 is 1.43 bits per heavy atom. The van der Waals surface area contributed by atoms with Crippen molar-refractivity contribution >= 4 is 5.71 Å². The van der Waals surface area contributed by atoms with Gasteiger partial charge in [0.25, 0.3) is 5.56 Å². The topological polar surface area (TPSA) is 94.7 Å². The molecule has 0 atom stereocenters. The van der Waals surface area contributed by atoms with Gasteiger partial charge in [-0.2, -0.15) is 0 Å². The number of rotatable bonds is 4. The summed E-state index contributed by atoms with van der Waals surface area (Å²) in [4.78, 5) is 25.7. The van der Waals surface area contributed by atoms with Gasteiger partial charge in [-0.15, -0.1) is 6.58 Å². The second kappa shape index (κ2) is 6.53. The SMILES string of the molecule is C=CCn1c([O-])c(C(C)=N[NH+]2CCCCC2)c(=O)[nH]c1=O. The van der Waals surface area contributed by atoms with E-state index in [0.717, 1.165) is 35.5 Å². The highest BCUT2D eigenvalue weighted by Crippen LogP contribution is 2.07. The first-order chi connectivity index (χ1) is 10.0. The smallest absolute Gasteiger partial charge is 0.328 e. The number of nitrogens with one attached hydrogen (secondary N) is 2. The van der Waals surface area contributed by atoms with Gasteiger partial charge >= 0.3 is 5.69 Å². The quantitative estimate of drug-likeness (QED) is 0.527. The van der Waals surface area contributed by atoms with Crippen molar-refractivity contribution in [2.75, 3.05) is 13.1 Å². The summed E-state index contributed by atoms with van der Waals surface area (Å²) in [7, 11) is 0. The Bertz CT molecular complexity index is 666. The number of hydrogen-bond donors (Lipinski definition) is 2. The molecule has 1 fully saturated rings. The lowest BCUT2D eigenvalue weighted by molar-refractivity contribution is -0.911. The molecule has 0 aromatic carbocycles. The number of aromatic nitrogens is 2. The van der Waals surface area contributed by atoms with Crippen molar-refractivity contribution in [1.29, 1.82) is 0 Å². The lowest BCUT2D eigenvalue weighted by Crippen LogP contribution is -3.08. The summed E-state index contributed by atoms with van der Waals surface area (Å²) in [6.07, 6.45) is 4.80. The van der Waals surface area contributed by atoms with E-state index >= 15 is 0 Å². The van der Waals surface area contributed by atoms with Crippen molar-refractivity contribution in [3.63, 3.8) is 0 Å². The van der Waals surface area contributed by atoms with Crippen molar-refractivity contribution in [2.24, 2.45) is 5.10 Å². The monoisotopic (exact) mass is 292 g/mol. The maximum absolute atomic E-state index is 12.3. The van der Waals surface area contributed by atoms with Gasteiger partial charge in [0.15, 0.2) is 0 Å². The Hall–Kier alpha value is -2.15. The minimum absolute atomic E-state index is 0.0606. The molecule has 2 N–H and O–H groups in total. The molecule has 1 aliphatic heterocycles. The highest BCUT2D eigenvalue weighted by molar-refractivity contribution is 5.99. The van der Waals surface area contributed by atoms with Gasteiger partial charge in [-0.25, -0.2) is 9.80 Å². The first kappa shape index (κ1) is 15.2. The van der Waals surface area contributed by atoms with Crippen LogP contribution in [0.2, 0.25) is 0 Å². The van der Waals surface area contributed by atoms with Crippen LogP contribution in [0.15, 0.2) is 27.3 Å². The van der Waals surface area contributed by atoms with Crippen LogP contribution in [0.3, 0.4) is 0 Å². The van der Waals surface area contributed by atoms with Crippen molar-refractivity contribution in [3.8, 4) is 5.88 Å². The molecule has 2 heterocycles. The van der Waals surface area contributed by atoms with Crippen LogP contribution in [0.4, 0.5) is 0 Å². The predicted molar refractivity (Wildman–Crippen MR) is 77.7 cm³/mol. The average molecular weight is 292 g/mol. The number of allylic oxidation sites excluding steroid dienone is 1. The fourth-order valence-electron chi connectivity index (χ4n) is 2.53. The van der Waals surface area contributed by atoms with Crippen LogP contribution >= 0.6 is 0 Å². The Morgan fingerprint density at radius 2 is 2.10 bits per heavy atom. The zero-order valence-electron chi connectivity index (χ0n) is 12.1. The van der Waals surface area contributed by atoms with E-state index in [1.54, 1.807) is 6.92 Å². The molecule has 1 aliphatic rings. The van der Waals surface area contributed by atoms with E-state index in [1.807, 2.05) is 0 Å². The largest absolute Gasteiger partial charge is 0.859 e. The third kappa shape index (κ3) is 3.30. The fraction of sp³-hybridized carbons (Fsp3) is 0.500. The van der Waals surface area contributed by atoms with Crippen LogP contribution in [0, 0.1) is 0 Å². The first-order valence-corrected chi connectivity index (χ1v) is 7.10. The van der Waals surface area contributed by atoms with Crippen molar-refractivity contribution < 1.29 is 10.1 Å². The highest BCUT2D eigenvalue weighted by Gasteiger charge is 2.16. The van der Waals surface area contributed by atoms with Gasteiger partial charge in [0.1, 0.15) is 18.8 Å². The minimum atomic E-state index is -0.716. The zero-order chi connectivity index (χ0) is 15.4. The third-order valence-electron chi connectivity index (χ3n) is 3.58. The summed E-state index contributed by atoms with van der Waals surface area (Å²) in [5.41, 5.74) is -1.08. The van der Waals surface area contributed by atoms with E-state index < -0.39 is 17.1 Å². The summed E-state index contributed by atoms with van der Waals surface area (Å²) >= 11 is 0. The van der Waals surface area contributed by atoms with E-state index in [9.17, 15) is 14.7 Å². The fourth-order valence-corrected chi connectivity index (χ4v) is 2.53. The Labute approximate surface area is 122 Å². The number of H-pyrrole nitrogens is 1. The second-order valence-corrected chi connectivity index (χ2v) is 5.16. The van der Waals surface area contributed by atoms with Crippen LogP contribution in [0.5, 0.6) is 5.88 Å². The molecule has 1 aromatic heterocycles. The van der Waals surface area contributed by atoms with E-state index in [4.69, 9.17) is 0 Å². The summed E-state index contributed by atoms with van der Waals surface area (Å²) in [6, 6.07) is 0. The molecule has 0 saturated carbocycles. The molecule has 0 aliphatic carbocycles. The first-order valence-electron chi connectivity index (χ1n) is 7.10. The zero-order valence-corrected chi connectivity index (χ0v) is 12.1. The second-order valence-electron chi connectivity index (χ2n) is 5.16. The molecule has 0 unspecified atom stereocenters. The van der Waals surface area contributed by atoms with Crippen molar-refractivity contribution in [1.82, 2.24) is 9.55 Å². The standard InChI is InChI=1S/C14H20N4O3/c1-3-7-18-13(20)11(12(19)15-14(18)21)10(2)16-17-8-5-4-6-9-17/h3,20H,1,4-9H2,2H3,(H,15,19,21). The van der Waals surface area contributed by atoms with Gasteiger partial charge in [-0.1, -0.05) is 11.2 Å². The summed E-state index contributed by atoms with van der Waals surface area (Å²) < 4.78 is 0.953. The van der Waals surface area contributed by atoms with Gasteiger partial charge in [-0.05, 0) is 32.1 Å². The van der Waals surface area contributed by atoms with Crippen LogP contribution in [-0.2, 0) is 6.54 Å². The molecular weight excluding hydrogens is 272 g/mol. The van der Waals surface area contributed by atoms with Crippen LogP contribution in [-0.4, -0.2) is 28.4 Å². The van der Waals surface area contributed by atoms with Gasteiger partial charge in [0.2, 0.25) is 0 Å². The van der Waals surface area contributed by atoms with Crippen LogP contribution < -0.4 is 21.4 Å².